The van der Waals surface area contributed by atoms with Crippen LogP contribution in [0.5, 0.6) is 5.75 Å². The van der Waals surface area contributed by atoms with E-state index in [1.165, 1.54) is 17.7 Å². The Morgan fingerprint density at radius 3 is 2.33 bits per heavy atom. The van der Waals surface area contributed by atoms with E-state index in [2.05, 4.69) is 0 Å². The molecular weight excluding hydrogens is 212 g/mol. The van der Waals surface area contributed by atoms with Gasteiger partial charge in [0, 0.05) is 25.7 Å². The first-order valence-electron chi connectivity index (χ1n) is 4.56. The molecule has 0 spiro atoms. The molecule has 0 aliphatic heterocycles. The predicted octanol–water partition coefficient (Wildman–Crippen LogP) is 2.01. The van der Waals surface area contributed by atoms with Crippen LogP contribution in [0.15, 0.2) is 24.3 Å². The van der Waals surface area contributed by atoms with Crippen molar-refractivity contribution in [1.29, 1.82) is 0 Å². The summed E-state index contributed by atoms with van der Waals surface area (Å²) in [6.07, 6.45) is 0. The van der Waals surface area contributed by atoms with E-state index in [1.807, 2.05) is 35.6 Å². The van der Waals surface area contributed by atoms with Crippen LogP contribution in [0, 0.1) is 0 Å². The van der Waals surface area contributed by atoms with Crippen LogP contribution in [0.3, 0.4) is 0 Å². The molecule has 0 amide bonds. The van der Waals surface area contributed by atoms with Gasteiger partial charge < -0.3 is 9.94 Å². The molecule has 0 atom stereocenters. The van der Waals surface area contributed by atoms with Gasteiger partial charge in [-0.3, -0.25) is 0 Å². The number of hydroxylamine groups is 1. The normalized spacial score (nSPS) is 11.1. The van der Waals surface area contributed by atoms with Gasteiger partial charge in [0.25, 0.3) is 0 Å². The zero-order valence-electron chi connectivity index (χ0n) is 9.17. The highest BCUT2D eigenvalue weighted by molar-refractivity contribution is 7.94. The molecule has 0 saturated carbocycles. The second-order valence-corrected chi connectivity index (χ2v) is 4.50. The summed E-state index contributed by atoms with van der Waals surface area (Å²) in [5.74, 6) is 0.855. The number of hydrogen-bond donors (Lipinski definition) is 1. The second kappa shape index (κ2) is 5.97. The number of rotatable bonds is 5. The Morgan fingerprint density at radius 2 is 1.87 bits per heavy atom. The third kappa shape index (κ3) is 4.53. The van der Waals surface area contributed by atoms with E-state index in [1.54, 1.807) is 14.2 Å². The summed E-state index contributed by atoms with van der Waals surface area (Å²) in [5.41, 5.74) is 1.17. The number of methoxy groups -OCH3 is 1. The van der Waals surface area contributed by atoms with Gasteiger partial charge in [0.1, 0.15) is 5.75 Å². The highest BCUT2D eigenvalue weighted by Crippen LogP contribution is 2.16. The SMILES string of the molecule is COc1ccc(CN(C)SN(C)O)cc1. The fraction of sp³-hybridized carbons (Fsp3) is 0.400. The third-order valence-electron chi connectivity index (χ3n) is 1.82. The molecule has 5 heteroatoms. The maximum absolute atomic E-state index is 9.02. The summed E-state index contributed by atoms with van der Waals surface area (Å²) >= 11 is 1.25. The standard InChI is InChI=1S/C10H16N2O2S/c1-11(15-12(2)13)8-9-4-6-10(14-3)7-5-9/h4-7,13H,8H2,1-3H3. The monoisotopic (exact) mass is 228 g/mol. The number of nitrogens with zero attached hydrogens (tertiary/aromatic N) is 2. The Hall–Kier alpha value is -0.750. The fourth-order valence-electron chi connectivity index (χ4n) is 1.22. The topological polar surface area (TPSA) is 35.9 Å². The first-order chi connectivity index (χ1) is 7.11. The maximum atomic E-state index is 9.02. The molecule has 0 radical (unpaired) electrons. The largest absolute Gasteiger partial charge is 0.497 e. The van der Waals surface area contributed by atoms with Crippen molar-refractivity contribution in [3.8, 4) is 5.75 Å². The summed E-state index contributed by atoms with van der Waals surface area (Å²) in [5, 5.41) is 9.02. The smallest absolute Gasteiger partial charge is 0.118 e. The van der Waals surface area contributed by atoms with Gasteiger partial charge in [-0.1, -0.05) is 12.1 Å². The average Bonchev–Trinajstić information content (AvgIpc) is 2.17. The van der Waals surface area contributed by atoms with Crippen molar-refractivity contribution in [2.75, 3.05) is 21.2 Å². The van der Waals surface area contributed by atoms with Gasteiger partial charge in [-0.05, 0) is 24.7 Å². The Labute approximate surface area is 94.7 Å². The minimum atomic E-state index is 0.763. The van der Waals surface area contributed by atoms with Crippen molar-refractivity contribution < 1.29 is 9.94 Å². The van der Waals surface area contributed by atoms with E-state index in [-0.39, 0.29) is 0 Å². The molecule has 0 heterocycles. The zero-order chi connectivity index (χ0) is 11.3. The van der Waals surface area contributed by atoms with Crippen LogP contribution in [0.4, 0.5) is 0 Å². The third-order valence-corrected chi connectivity index (χ3v) is 2.47. The van der Waals surface area contributed by atoms with Gasteiger partial charge in [-0.15, -0.1) is 4.47 Å². The summed E-state index contributed by atoms with van der Waals surface area (Å²) in [6.45, 7) is 0.763. The van der Waals surface area contributed by atoms with Crippen LogP contribution >= 0.6 is 12.1 Å². The minimum absolute atomic E-state index is 0.763. The Bertz CT molecular complexity index is 290. The van der Waals surface area contributed by atoms with Gasteiger partial charge >= 0.3 is 0 Å². The molecule has 0 aliphatic carbocycles. The van der Waals surface area contributed by atoms with Crippen LogP contribution in [0.25, 0.3) is 0 Å². The molecule has 4 nitrogen and oxygen atoms in total. The molecule has 15 heavy (non-hydrogen) atoms. The van der Waals surface area contributed by atoms with E-state index in [0.29, 0.717) is 0 Å². The van der Waals surface area contributed by atoms with Gasteiger partial charge in [0.2, 0.25) is 0 Å². The van der Waals surface area contributed by atoms with Crippen LogP contribution in [-0.2, 0) is 6.54 Å². The molecule has 0 aromatic heterocycles. The van der Waals surface area contributed by atoms with Crippen LogP contribution in [0.1, 0.15) is 5.56 Å². The lowest BCUT2D eigenvalue weighted by atomic mass is 10.2. The molecule has 0 aliphatic rings. The second-order valence-electron chi connectivity index (χ2n) is 3.18. The molecule has 1 aromatic rings. The Morgan fingerprint density at radius 1 is 1.27 bits per heavy atom. The molecule has 1 rings (SSSR count). The lowest BCUT2D eigenvalue weighted by Crippen LogP contribution is -2.16. The van der Waals surface area contributed by atoms with Crippen molar-refractivity contribution in [3.63, 3.8) is 0 Å². The Balaban J connectivity index is 2.49. The molecule has 1 aromatic carbocycles. The van der Waals surface area contributed by atoms with Crippen molar-refractivity contribution in [2.45, 2.75) is 6.54 Å². The molecule has 1 N–H and O–H groups in total. The minimum Gasteiger partial charge on any atom is -0.497 e. The van der Waals surface area contributed by atoms with Crippen molar-refractivity contribution in [2.24, 2.45) is 0 Å². The summed E-state index contributed by atoms with van der Waals surface area (Å²) in [6, 6.07) is 7.87. The summed E-state index contributed by atoms with van der Waals surface area (Å²) < 4.78 is 8.08. The number of ether oxygens (including phenoxy) is 1. The predicted molar refractivity (Wildman–Crippen MR) is 61.6 cm³/mol. The van der Waals surface area contributed by atoms with Gasteiger partial charge in [-0.25, -0.2) is 4.31 Å². The Kier molecular flexibility index (Phi) is 4.90. The molecule has 0 unspecified atom stereocenters. The quantitative estimate of drug-likeness (QED) is 0.616. The van der Waals surface area contributed by atoms with E-state index >= 15 is 0 Å². The number of hydrogen-bond acceptors (Lipinski definition) is 5. The molecule has 0 bridgehead atoms. The van der Waals surface area contributed by atoms with E-state index in [4.69, 9.17) is 9.94 Å². The highest BCUT2D eigenvalue weighted by Gasteiger charge is 2.03. The maximum Gasteiger partial charge on any atom is 0.118 e. The molecule has 0 fully saturated rings. The lowest BCUT2D eigenvalue weighted by Gasteiger charge is -2.17. The highest BCUT2D eigenvalue weighted by atomic mass is 32.2. The van der Waals surface area contributed by atoms with Gasteiger partial charge in [0.15, 0.2) is 0 Å². The van der Waals surface area contributed by atoms with E-state index in [0.717, 1.165) is 16.8 Å². The van der Waals surface area contributed by atoms with Gasteiger partial charge in [0.05, 0.1) is 7.11 Å². The van der Waals surface area contributed by atoms with Crippen LogP contribution < -0.4 is 4.74 Å². The van der Waals surface area contributed by atoms with Crippen molar-refractivity contribution in [1.82, 2.24) is 8.77 Å². The van der Waals surface area contributed by atoms with Gasteiger partial charge in [-0.2, -0.15) is 0 Å². The first-order valence-corrected chi connectivity index (χ1v) is 5.29. The van der Waals surface area contributed by atoms with E-state index < -0.39 is 0 Å². The first kappa shape index (κ1) is 12.3. The average molecular weight is 228 g/mol. The molecular formula is C10H16N2O2S. The van der Waals surface area contributed by atoms with Crippen LogP contribution in [-0.4, -0.2) is 35.2 Å². The summed E-state index contributed by atoms with van der Waals surface area (Å²) in [4.78, 5) is 0. The van der Waals surface area contributed by atoms with Crippen molar-refractivity contribution >= 4 is 12.1 Å². The van der Waals surface area contributed by atoms with E-state index in [9.17, 15) is 0 Å². The van der Waals surface area contributed by atoms with Crippen LogP contribution in [0.2, 0.25) is 0 Å². The molecule has 0 saturated heterocycles. The van der Waals surface area contributed by atoms with Crippen molar-refractivity contribution in [3.05, 3.63) is 29.8 Å². The fourth-order valence-corrected chi connectivity index (χ4v) is 1.83. The zero-order valence-corrected chi connectivity index (χ0v) is 9.99. The molecule has 84 valence electrons. The lowest BCUT2D eigenvalue weighted by molar-refractivity contribution is 0.0408. The number of benzene rings is 1. The summed E-state index contributed by atoms with van der Waals surface area (Å²) in [7, 11) is 5.16.